The number of carbonyl (C=O) groups is 2. The van der Waals surface area contributed by atoms with E-state index in [-0.39, 0.29) is 138 Å². The van der Waals surface area contributed by atoms with Crippen LogP contribution < -0.4 is 148 Å². The summed E-state index contributed by atoms with van der Waals surface area (Å²) < 4.78 is 0. The fourth-order valence-electron chi connectivity index (χ4n) is 0.258. The number of hydrogen-bond donors (Lipinski definition) is 2. The molecule has 0 saturated carbocycles. The summed E-state index contributed by atoms with van der Waals surface area (Å²) in [6.07, 6.45) is -4.88. The van der Waals surface area contributed by atoms with Crippen molar-refractivity contribution in [3.63, 3.8) is 0 Å². The monoisotopic (exact) mass is 414 g/mol. The van der Waals surface area contributed by atoms with E-state index in [1.165, 1.54) is 0 Å². The molecule has 6 nitrogen and oxygen atoms in total. The van der Waals surface area contributed by atoms with Gasteiger partial charge in [0.2, 0.25) is 0 Å². The van der Waals surface area contributed by atoms with Gasteiger partial charge in [-0.2, -0.15) is 0 Å². The molecule has 0 unspecified atom stereocenters. The molecular weight excluding hydrogens is 410 g/mol. The molecule has 0 aromatic heterocycles. The van der Waals surface area contributed by atoms with E-state index in [9.17, 15) is 19.8 Å². The first-order valence-corrected chi connectivity index (χ1v) is 2.24. The number of carboxylic acid groups (broad SMARTS) is 2. The van der Waals surface area contributed by atoms with E-state index in [1.54, 1.807) is 0 Å². The van der Waals surface area contributed by atoms with E-state index < -0.39 is 24.1 Å². The molecule has 0 rings (SSSR count). The van der Waals surface area contributed by atoms with Crippen molar-refractivity contribution in [2.45, 2.75) is 12.2 Å². The number of carbonyl (C=O) groups excluding carboxylic acids is 2. The van der Waals surface area contributed by atoms with Gasteiger partial charge in [0.1, 0.15) is 12.2 Å². The van der Waals surface area contributed by atoms with Crippen LogP contribution in [0.25, 0.3) is 0 Å². The summed E-state index contributed by atoms with van der Waals surface area (Å²) in [7, 11) is 0. The van der Waals surface area contributed by atoms with Crippen molar-refractivity contribution < 1.29 is 168 Å². The van der Waals surface area contributed by atoms with Crippen LogP contribution in [0.15, 0.2) is 0 Å². The van der Waals surface area contributed by atoms with Gasteiger partial charge in [-0.15, -0.1) is 0 Å². The fraction of sp³-hybridized carbons (Fsp3) is 0.500. The van der Waals surface area contributed by atoms with Crippen LogP contribution in [0, 0.1) is 0 Å². The number of hydrogen-bond acceptors (Lipinski definition) is 6. The Morgan fingerprint density at radius 3 is 1.17 bits per heavy atom. The third kappa shape index (κ3) is 8.29. The summed E-state index contributed by atoms with van der Waals surface area (Å²) >= 11 is 0. The Hall–Kier alpha value is 2.96. The SMILES string of the molecule is O=C([O-])[C@@H](O)[C@H](O)C(=O)[O-].[Cs+].[Cs+]. The van der Waals surface area contributed by atoms with Crippen LogP contribution >= 0.6 is 0 Å². The molecule has 0 amide bonds. The Morgan fingerprint density at radius 1 is 0.917 bits per heavy atom. The van der Waals surface area contributed by atoms with Gasteiger partial charge in [0.15, 0.2) is 0 Å². The molecule has 2 atom stereocenters. The van der Waals surface area contributed by atoms with Crippen LogP contribution in [0.2, 0.25) is 0 Å². The van der Waals surface area contributed by atoms with Gasteiger partial charge in [-0.05, 0) is 0 Å². The van der Waals surface area contributed by atoms with Crippen molar-refractivity contribution in [1.29, 1.82) is 0 Å². The van der Waals surface area contributed by atoms with Crippen LogP contribution in [-0.4, -0.2) is 34.4 Å². The summed E-state index contributed by atoms with van der Waals surface area (Å²) in [6.45, 7) is 0. The minimum Gasteiger partial charge on any atom is -0.547 e. The molecule has 0 aliphatic heterocycles. The molecule has 8 heteroatoms. The van der Waals surface area contributed by atoms with Crippen molar-refractivity contribution in [2.75, 3.05) is 0 Å². The van der Waals surface area contributed by atoms with Gasteiger partial charge in [0, 0.05) is 0 Å². The Balaban J connectivity index is -0.000000405. The average Bonchev–Trinajstić information content (AvgIpc) is 1.84. The second kappa shape index (κ2) is 10.5. The van der Waals surface area contributed by atoms with E-state index in [1.807, 2.05) is 0 Å². The first-order chi connectivity index (χ1) is 4.46. The third-order valence-electron chi connectivity index (χ3n) is 0.782. The predicted octanol–water partition coefficient (Wildman–Crippen LogP) is -10.8. The zero-order valence-corrected chi connectivity index (χ0v) is 19.2. The summed E-state index contributed by atoms with van der Waals surface area (Å²) in [5.74, 6) is -4.12. The van der Waals surface area contributed by atoms with E-state index in [0.717, 1.165) is 0 Å². The van der Waals surface area contributed by atoms with Crippen molar-refractivity contribution in [2.24, 2.45) is 0 Å². The second-order valence-electron chi connectivity index (χ2n) is 1.53. The van der Waals surface area contributed by atoms with Gasteiger partial charge in [-0.25, -0.2) is 0 Å². The van der Waals surface area contributed by atoms with Gasteiger partial charge in [-0.1, -0.05) is 0 Å². The molecule has 2 N–H and O–H groups in total. The van der Waals surface area contributed by atoms with Crippen LogP contribution in [0.4, 0.5) is 0 Å². The maximum absolute atomic E-state index is 9.63. The second-order valence-corrected chi connectivity index (χ2v) is 1.53. The summed E-state index contributed by atoms with van der Waals surface area (Å²) in [6, 6.07) is 0. The van der Waals surface area contributed by atoms with E-state index in [4.69, 9.17) is 10.2 Å². The summed E-state index contributed by atoms with van der Waals surface area (Å²) in [4.78, 5) is 19.3. The predicted molar refractivity (Wildman–Crippen MR) is 22.0 cm³/mol. The fourth-order valence-corrected chi connectivity index (χ4v) is 0.258. The van der Waals surface area contributed by atoms with Crippen LogP contribution in [0.5, 0.6) is 0 Å². The number of carboxylic acids is 2. The van der Waals surface area contributed by atoms with Gasteiger partial charge in [-0.3, -0.25) is 0 Å². The molecule has 0 aromatic rings. The molecule has 0 spiro atoms. The molecule has 0 bridgehead atoms. The van der Waals surface area contributed by atoms with Crippen LogP contribution in [-0.2, 0) is 9.59 Å². The number of rotatable bonds is 3. The molecule has 58 valence electrons. The molecule has 0 heterocycles. The molecule has 0 aromatic carbocycles. The largest absolute Gasteiger partial charge is 1.00 e. The first-order valence-electron chi connectivity index (χ1n) is 2.24. The van der Waals surface area contributed by atoms with Crippen molar-refractivity contribution >= 4 is 11.9 Å². The minimum atomic E-state index is -2.44. The maximum atomic E-state index is 9.63. The topological polar surface area (TPSA) is 121 Å². The van der Waals surface area contributed by atoms with Crippen LogP contribution in [0.1, 0.15) is 0 Å². The van der Waals surface area contributed by atoms with Gasteiger partial charge in [0.25, 0.3) is 0 Å². The quantitative estimate of drug-likeness (QED) is 0.474. The third-order valence-corrected chi connectivity index (χ3v) is 0.782. The first kappa shape index (κ1) is 20.4. The minimum absolute atomic E-state index is 0. The van der Waals surface area contributed by atoms with Crippen molar-refractivity contribution in [3.8, 4) is 0 Å². The molecule has 0 aliphatic rings. The van der Waals surface area contributed by atoms with E-state index in [0.29, 0.717) is 0 Å². The Kier molecular flexibility index (Phi) is 17.8. The van der Waals surface area contributed by atoms with Gasteiger partial charge < -0.3 is 30.0 Å². The number of aliphatic hydroxyl groups is 2. The van der Waals surface area contributed by atoms with Gasteiger partial charge >= 0.3 is 138 Å². The Morgan fingerprint density at radius 2 is 1.08 bits per heavy atom. The standard InChI is InChI=1S/C4H6O6.2Cs/c5-1(3(7)8)2(6)4(9)10;;/h1-2,5-6H,(H,7,8)(H,9,10);;/q;2*+1/p-2/t1-,2-;;/m0../s1. The Labute approximate surface area is 186 Å². The summed E-state index contributed by atoms with van der Waals surface area (Å²) in [5.41, 5.74) is 0. The van der Waals surface area contributed by atoms with Gasteiger partial charge in [0.05, 0.1) is 11.9 Å². The zero-order chi connectivity index (χ0) is 8.31. The molecule has 12 heavy (non-hydrogen) atoms. The van der Waals surface area contributed by atoms with Crippen molar-refractivity contribution in [3.05, 3.63) is 0 Å². The molecular formula is C4H4Cs2O6. The van der Waals surface area contributed by atoms with Crippen LogP contribution in [0.3, 0.4) is 0 Å². The zero-order valence-electron chi connectivity index (χ0n) is 6.68. The molecule has 0 saturated heterocycles. The normalized spacial score (nSPS) is 13.2. The molecule has 0 fully saturated rings. The smallest absolute Gasteiger partial charge is 0.547 e. The number of aliphatic hydroxyl groups excluding tert-OH is 2. The number of aliphatic carboxylic acids is 2. The van der Waals surface area contributed by atoms with Crippen molar-refractivity contribution in [1.82, 2.24) is 0 Å². The molecule has 0 aliphatic carbocycles. The van der Waals surface area contributed by atoms with E-state index in [2.05, 4.69) is 0 Å². The summed E-state index contributed by atoms with van der Waals surface area (Å²) in [5, 5.41) is 35.7. The average molecular weight is 414 g/mol. The molecule has 0 radical (unpaired) electrons. The Bertz CT molecular complexity index is 142. The van der Waals surface area contributed by atoms with E-state index >= 15 is 0 Å². The maximum Gasteiger partial charge on any atom is 1.00 e.